The van der Waals surface area contributed by atoms with Gasteiger partial charge in [0.1, 0.15) is 0 Å². The van der Waals surface area contributed by atoms with Gasteiger partial charge in [0.2, 0.25) is 0 Å². The highest BCUT2D eigenvalue weighted by Gasteiger charge is 2.17. The highest BCUT2D eigenvalue weighted by molar-refractivity contribution is 5.83. The minimum atomic E-state index is 0.365. The monoisotopic (exact) mass is 225 g/mol. The smallest absolute Gasteiger partial charge is 0.0971 e. The fourth-order valence-electron chi connectivity index (χ4n) is 2.27. The molecule has 2 N–H and O–H groups in total. The van der Waals surface area contributed by atoms with Gasteiger partial charge < -0.3 is 10.6 Å². The van der Waals surface area contributed by atoms with Gasteiger partial charge in [-0.3, -0.25) is 4.99 Å². The fraction of sp³-hybridized carbons (Fsp3) is 0.923. The molecule has 1 aliphatic rings. The molecule has 0 radical (unpaired) electrons. The molecule has 0 aromatic rings. The summed E-state index contributed by atoms with van der Waals surface area (Å²) in [5.41, 5.74) is 6.09. The van der Waals surface area contributed by atoms with Crippen LogP contribution >= 0.6 is 0 Å². The number of nitrogens with two attached hydrogens (primary N) is 1. The molecular formula is C13H27N3. The molecule has 0 heterocycles. The highest BCUT2D eigenvalue weighted by atomic mass is 15.1. The van der Waals surface area contributed by atoms with Crippen LogP contribution in [0.15, 0.2) is 4.99 Å². The Morgan fingerprint density at radius 3 is 2.50 bits per heavy atom. The first-order valence-corrected chi connectivity index (χ1v) is 6.57. The second-order valence-electron chi connectivity index (χ2n) is 5.33. The second kappa shape index (κ2) is 6.89. The maximum atomic E-state index is 6.09. The predicted molar refractivity (Wildman–Crippen MR) is 70.8 cm³/mol. The van der Waals surface area contributed by atoms with Crippen LogP contribution in [0, 0.1) is 5.92 Å². The number of rotatable bonds is 5. The van der Waals surface area contributed by atoms with Crippen LogP contribution in [0.2, 0.25) is 0 Å². The van der Waals surface area contributed by atoms with Crippen LogP contribution in [0.1, 0.15) is 45.4 Å². The summed E-state index contributed by atoms with van der Waals surface area (Å²) in [4.78, 5) is 6.84. The zero-order valence-electron chi connectivity index (χ0n) is 11.1. The van der Waals surface area contributed by atoms with E-state index in [4.69, 9.17) is 5.73 Å². The maximum Gasteiger partial charge on any atom is 0.0971 e. The van der Waals surface area contributed by atoms with Gasteiger partial charge >= 0.3 is 0 Å². The fourth-order valence-corrected chi connectivity index (χ4v) is 2.27. The molecule has 0 aliphatic heterocycles. The van der Waals surface area contributed by atoms with E-state index in [0.717, 1.165) is 18.8 Å². The van der Waals surface area contributed by atoms with Crippen LogP contribution in [0.4, 0.5) is 0 Å². The van der Waals surface area contributed by atoms with Crippen molar-refractivity contribution in [3.8, 4) is 0 Å². The summed E-state index contributed by atoms with van der Waals surface area (Å²) in [6, 6.07) is 0.365. The lowest BCUT2D eigenvalue weighted by atomic mass is 9.88. The Morgan fingerprint density at radius 1 is 1.31 bits per heavy atom. The van der Waals surface area contributed by atoms with Crippen LogP contribution < -0.4 is 5.73 Å². The molecule has 3 nitrogen and oxygen atoms in total. The van der Waals surface area contributed by atoms with Crippen molar-refractivity contribution in [3.63, 3.8) is 0 Å². The van der Waals surface area contributed by atoms with Crippen LogP contribution in [0.5, 0.6) is 0 Å². The Labute approximate surface area is 100 Å². The average Bonchev–Trinajstić information content (AvgIpc) is 2.27. The Morgan fingerprint density at radius 2 is 1.94 bits per heavy atom. The Hall–Kier alpha value is -0.570. The summed E-state index contributed by atoms with van der Waals surface area (Å²) < 4.78 is 0. The molecule has 1 rings (SSSR count). The van der Waals surface area contributed by atoms with Crippen molar-refractivity contribution >= 4 is 5.84 Å². The molecule has 0 spiro atoms. The first-order chi connectivity index (χ1) is 7.59. The van der Waals surface area contributed by atoms with Crippen molar-refractivity contribution in [2.45, 2.75) is 51.5 Å². The molecule has 0 aromatic carbocycles. The van der Waals surface area contributed by atoms with Gasteiger partial charge in [0.25, 0.3) is 0 Å². The minimum Gasteiger partial charge on any atom is -0.387 e. The molecule has 0 aromatic heterocycles. The van der Waals surface area contributed by atoms with Gasteiger partial charge in [-0.15, -0.1) is 0 Å². The molecule has 3 heteroatoms. The zero-order valence-corrected chi connectivity index (χ0v) is 11.1. The summed E-state index contributed by atoms with van der Waals surface area (Å²) in [5, 5.41) is 0. The zero-order chi connectivity index (χ0) is 12.0. The molecular weight excluding hydrogens is 198 g/mol. The third-order valence-corrected chi connectivity index (χ3v) is 3.39. The molecule has 1 saturated carbocycles. The van der Waals surface area contributed by atoms with Gasteiger partial charge in [-0.25, -0.2) is 0 Å². The van der Waals surface area contributed by atoms with E-state index in [-0.39, 0.29) is 0 Å². The summed E-state index contributed by atoms with van der Waals surface area (Å²) in [6.45, 7) is 3.25. The van der Waals surface area contributed by atoms with Crippen molar-refractivity contribution in [1.82, 2.24) is 4.90 Å². The topological polar surface area (TPSA) is 41.6 Å². The molecule has 1 unspecified atom stereocenters. The molecule has 1 fully saturated rings. The summed E-state index contributed by atoms with van der Waals surface area (Å²) in [5.74, 6) is 1.47. The van der Waals surface area contributed by atoms with Crippen LogP contribution in [0.25, 0.3) is 0 Å². The number of nitrogens with zero attached hydrogens (tertiary/aromatic N) is 2. The van der Waals surface area contributed by atoms with Crippen molar-refractivity contribution in [1.29, 1.82) is 0 Å². The van der Waals surface area contributed by atoms with E-state index in [1.165, 1.54) is 32.1 Å². The van der Waals surface area contributed by atoms with Gasteiger partial charge in [0.05, 0.1) is 11.9 Å². The molecule has 0 amide bonds. The maximum absolute atomic E-state index is 6.09. The van der Waals surface area contributed by atoms with Crippen molar-refractivity contribution in [2.24, 2.45) is 16.6 Å². The first-order valence-electron chi connectivity index (χ1n) is 6.57. The third-order valence-electron chi connectivity index (χ3n) is 3.39. The number of hydrogen-bond donors (Lipinski definition) is 1. The first kappa shape index (κ1) is 13.5. The van der Waals surface area contributed by atoms with E-state index in [9.17, 15) is 0 Å². The predicted octanol–water partition coefficient (Wildman–Crippen LogP) is 2.26. The molecule has 0 bridgehead atoms. The van der Waals surface area contributed by atoms with Gasteiger partial charge in [0.15, 0.2) is 0 Å². The minimum absolute atomic E-state index is 0.365. The Balaban J connectivity index is 2.35. The van der Waals surface area contributed by atoms with E-state index in [2.05, 4.69) is 30.9 Å². The highest BCUT2D eigenvalue weighted by Crippen LogP contribution is 2.23. The van der Waals surface area contributed by atoms with Crippen LogP contribution in [-0.4, -0.2) is 37.4 Å². The molecule has 1 atom stereocenters. The quantitative estimate of drug-likeness (QED) is 0.576. The largest absolute Gasteiger partial charge is 0.387 e. The summed E-state index contributed by atoms with van der Waals surface area (Å²) >= 11 is 0. The Bertz CT molecular complexity index is 217. The lowest BCUT2D eigenvalue weighted by Gasteiger charge is -2.22. The molecule has 94 valence electrons. The Kier molecular flexibility index (Phi) is 5.81. The van der Waals surface area contributed by atoms with Crippen LogP contribution in [-0.2, 0) is 0 Å². The second-order valence-corrected chi connectivity index (χ2v) is 5.33. The SMILES string of the molecule is CC(CCN(C)C)N=C(N)C1CCCCC1. The van der Waals surface area contributed by atoms with Gasteiger partial charge in [-0.05, 0) is 46.8 Å². The van der Waals surface area contributed by atoms with Gasteiger partial charge in [0, 0.05) is 5.92 Å². The number of aliphatic imine (C=N–C) groups is 1. The molecule has 1 aliphatic carbocycles. The normalized spacial score (nSPS) is 21.4. The lowest BCUT2D eigenvalue weighted by Crippen LogP contribution is -2.28. The van der Waals surface area contributed by atoms with E-state index in [0.29, 0.717) is 12.0 Å². The van der Waals surface area contributed by atoms with Gasteiger partial charge in [-0.2, -0.15) is 0 Å². The lowest BCUT2D eigenvalue weighted by molar-refractivity contribution is 0.384. The van der Waals surface area contributed by atoms with Crippen molar-refractivity contribution in [2.75, 3.05) is 20.6 Å². The summed E-state index contributed by atoms with van der Waals surface area (Å²) in [7, 11) is 4.20. The van der Waals surface area contributed by atoms with Crippen molar-refractivity contribution < 1.29 is 0 Å². The third kappa shape index (κ3) is 4.97. The van der Waals surface area contributed by atoms with Crippen LogP contribution in [0.3, 0.4) is 0 Å². The molecule has 16 heavy (non-hydrogen) atoms. The summed E-state index contributed by atoms with van der Waals surface area (Å²) in [6.07, 6.45) is 7.62. The van der Waals surface area contributed by atoms with E-state index >= 15 is 0 Å². The van der Waals surface area contributed by atoms with E-state index < -0.39 is 0 Å². The van der Waals surface area contributed by atoms with Crippen molar-refractivity contribution in [3.05, 3.63) is 0 Å². The molecule has 0 saturated heterocycles. The van der Waals surface area contributed by atoms with E-state index in [1.54, 1.807) is 0 Å². The number of amidine groups is 1. The average molecular weight is 225 g/mol. The standard InChI is InChI=1S/C13H27N3/c1-11(9-10-16(2)3)15-13(14)12-7-5-4-6-8-12/h11-12H,4-10H2,1-3H3,(H2,14,15). The van der Waals surface area contributed by atoms with E-state index in [1.807, 2.05) is 0 Å². The van der Waals surface area contributed by atoms with Gasteiger partial charge in [-0.1, -0.05) is 19.3 Å². The number of hydrogen-bond acceptors (Lipinski definition) is 2.